The summed E-state index contributed by atoms with van der Waals surface area (Å²) in [6, 6.07) is 6.33. The summed E-state index contributed by atoms with van der Waals surface area (Å²) in [4.78, 5) is 0. The Bertz CT molecular complexity index is 426. The third kappa shape index (κ3) is 6.27. The fraction of sp³-hybridized carbons (Fsp3) is 0.625. The lowest BCUT2D eigenvalue weighted by molar-refractivity contribution is -0.661. The third-order valence-corrected chi connectivity index (χ3v) is 3.49. The lowest BCUT2D eigenvalue weighted by atomic mass is 10.2. The van der Waals surface area contributed by atoms with Crippen LogP contribution in [0.4, 0.5) is 4.39 Å². The van der Waals surface area contributed by atoms with Crippen LogP contribution < -0.4 is 10.1 Å². The van der Waals surface area contributed by atoms with Crippen molar-refractivity contribution in [1.82, 2.24) is 0 Å². The number of nitrogens with two attached hydrogens (primary N) is 1. The molecule has 5 nitrogen and oxygen atoms in total. The number of halogens is 1. The standard InChI is InChI=1S/C16H24FNO4/c17-15-5-1-2-6-16(15)22-9-7-18-10-13(19)11-20-12-14-4-3-8-21-14/h1-2,5-6,13-14,18-19H,3-4,7-12H2/p+1/t13-,14+/m0/s1. The van der Waals surface area contributed by atoms with Crippen LogP contribution in [-0.2, 0) is 9.47 Å². The van der Waals surface area contributed by atoms with Gasteiger partial charge in [0.1, 0.15) is 25.8 Å². The van der Waals surface area contributed by atoms with Gasteiger partial charge in [-0.3, -0.25) is 0 Å². The molecule has 0 amide bonds. The molecule has 1 aliphatic heterocycles. The molecule has 1 fully saturated rings. The van der Waals surface area contributed by atoms with Gasteiger partial charge in [-0.15, -0.1) is 0 Å². The molecule has 1 aliphatic rings. The normalized spacial score (nSPS) is 19.3. The Labute approximate surface area is 130 Å². The van der Waals surface area contributed by atoms with Crippen LogP contribution in [-0.4, -0.2) is 56.8 Å². The molecule has 6 heteroatoms. The van der Waals surface area contributed by atoms with Crippen molar-refractivity contribution in [2.24, 2.45) is 0 Å². The summed E-state index contributed by atoms with van der Waals surface area (Å²) in [5, 5.41) is 11.7. The second kappa shape index (κ2) is 9.74. The largest absolute Gasteiger partial charge is 0.485 e. The van der Waals surface area contributed by atoms with Crippen LogP contribution in [0.25, 0.3) is 0 Å². The van der Waals surface area contributed by atoms with Crippen LogP contribution in [0.3, 0.4) is 0 Å². The molecule has 124 valence electrons. The maximum atomic E-state index is 13.3. The zero-order valence-electron chi connectivity index (χ0n) is 12.7. The molecule has 0 radical (unpaired) electrons. The molecule has 0 saturated carbocycles. The van der Waals surface area contributed by atoms with Gasteiger partial charge in [-0.2, -0.15) is 0 Å². The molecule has 0 aliphatic carbocycles. The number of hydrogen-bond donors (Lipinski definition) is 2. The van der Waals surface area contributed by atoms with Gasteiger partial charge in [0.25, 0.3) is 0 Å². The van der Waals surface area contributed by atoms with E-state index in [1.54, 1.807) is 18.2 Å². The molecule has 0 aromatic heterocycles. The van der Waals surface area contributed by atoms with Gasteiger partial charge in [0.2, 0.25) is 0 Å². The van der Waals surface area contributed by atoms with Gasteiger partial charge in [-0.05, 0) is 25.0 Å². The Balaban J connectivity index is 1.46. The SMILES string of the molecule is O[C@@H](C[NH2+]CCOc1ccccc1F)COC[C@H]1CCCO1. The van der Waals surface area contributed by atoms with Crippen molar-refractivity contribution >= 4 is 0 Å². The van der Waals surface area contributed by atoms with Crippen molar-refractivity contribution in [3.63, 3.8) is 0 Å². The van der Waals surface area contributed by atoms with E-state index in [0.717, 1.165) is 19.4 Å². The van der Waals surface area contributed by atoms with Crippen molar-refractivity contribution in [1.29, 1.82) is 0 Å². The molecule has 0 unspecified atom stereocenters. The summed E-state index contributed by atoms with van der Waals surface area (Å²) in [6.07, 6.45) is 1.79. The van der Waals surface area contributed by atoms with Crippen molar-refractivity contribution in [2.45, 2.75) is 25.0 Å². The summed E-state index contributed by atoms with van der Waals surface area (Å²) in [5.41, 5.74) is 0. The number of para-hydroxylation sites is 1. The van der Waals surface area contributed by atoms with E-state index in [2.05, 4.69) is 0 Å². The molecular formula is C16H25FNO4+. The quantitative estimate of drug-likeness (QED) is 0.611. The van der Waals surface area contributed by atoms with Crippen molar-refractivity contribution in [3.05, 3.63) is 30.1 Å². The molecule has 2 rings (SSSR count). The van der Waals surface area contributed by atoms with Crippen molar-refractivity contribution in [3.8, 4) is 5.75 Å². The van der Waals surface area contributed by atoms with Crippen molar-refractivity contribution < 1.29 is 29.0 Å². The molecule has 1 aromatic carbocycles. The van der Waals surface area contributed by atoms with Gasteiger partial charge in [0, 0.05) is 6.61 Å². The lowest BCUT2D eigenvalue weighted by Crippen LogP contribution is -2.87. The summed E-state index contributed by atoms with van der Waals surface area (Å²) in [5.74, 6) is -0.0959. The minimum absolute atomic E-state index is 0.186. The predicted molar refractivity (Wildman–Crippen MR) is 79.4 cm³/mol. The molecule has 1 aromatic rings. The number of benzene rings is 1. The molecule has 1 heterocycles. The topological polar surface area (TPSA) is 64.5 Å². The van der Waals surface area contributed by atoms with Gasteiger partial charge in [-0.25, -0.2) is 4.39 Å². The molecule has 2 atom stereocenters. The highest BCUT2D eigenvalue weighted by atomic mass is 19.1. The van der Waals surface area contributed by atoms with E-state index in [4.69, 9.17) is 14.2 Å². The summed E-state index contributed by atoms with van der Waals surface area (Å²) < 4.78 is 29.5. The minimum atomic E-state index is -0.519. The Morgan fingerprint density at radius 1 is 1.41 bits per heavy atom. The van der Waals surface area contributed by atoms with Gasteiger partial charge in [0.15, 0.2) is 11.6 Å². The molecule has 0 bridgehead atoms. The molecule has 22 heavy (non-hydrogen) atoms. The number of aliphatic hydroxyl groups is 1. The first kappa shape index (κ1) is 17.1. The minimum Gasteiger partial charge on any atom is -0.485 e. The average Bonchev–Trinajstić information content (AvgIpc) is 3.02. The average molecular weight is 314 g/mol. The van der Waals surface area contributed by atoms with Gasteiger partial charge in [-0.1, -0.05) is 12.1 Å². The van der Waals surface area contributed by atoms with Crippen LogP contribution in [0.5, 0.6) is 5.75 Å². The number of hydrogen-bond acceptors (Lipinski definition) is 4. The highest BCUT2D eigenvalue weighted by Crippen LogP contribution is 2.14. The van der Waals surface area contributed by atoms with E-state index in [1.165, 1.54) is 6.07 Å². The van der Waals surface area contributed by atoms with Crippen LogP contribution in [0.1, 0.15) is 12.8 Å². The fourth-order valence-corrected chi connectivity index (χ4v) is 2.30. The number of quaternary nitrogens is 1. The van der Waals surface area contributed by atoms with Crippen LogP contribution in [0, 0.1) is 5.82 Å². The highest BCUT2D eigenvalue weighted by Gasteiger charge is 2.16. The van der Waals surface area contributed by atoms with E-state index < -0.39 is 6.10 Å². The van der Waals surface area contributed by atoms with E-state index >= 15 is 0 Å². The van der Waals surface area contributed by atoms with Crippen LogP contribution >= 0.6 is 0 Å². The maximum absolute atomic E-state index is 13.3. The second-order valence-electron chi connectivity index (χ2n) is 5.42. The van der Waals surface area contributed by atoms with Crippen LogP contribution in [0.2, 0.25) is 0 Å². The first-order chi connectivity index (χ1) is 10.8. The third-order valence-electron chi connectivity index (χ3n) is 3.49. The predicted octanol–water partition coefficient (Wildman–Crippen LogP) is 0.324. The zero-order valence-corrected chi connectivity index (χ0v) is 12.7. The van der Waals surface area contributed by atoms with Crippen LogP contribution in [0.15, 0.2) is 24.3 Å². The van der Waals surface area contributed by atoms with Crippen molar-refractivity contribution in [2.75, 3.05) is 39.5 Å². The summed E-state index contributed by atoms with van der Waals surface area (Å²) >= 11 is 0. The van der Waals surface area contributed by atoms with Gasteiger partial charge >= 0.3 is 0 Å². The van der Waals surface area contributed by atoms with Gasteiger partial charge < -0.3 is 24.6 Å². The molecule has 3 N–H and O–H groups in total. The Hall–Kier alpha value is -1.21. The number of ether oxygens (including phenoxy) is 3. The first-order valence-corrected chi connectivity index (χ1v) is 7.82. The lowest BCUT2D eigenvalue weighted by Gasteiger charge is -2.13. The molecular weight excluding hydrogens is 289 g/mol. The number of aliphatic hydroxyl groups excluding tert-OH is 1. The Morgan fingerprint density at radius 2 is 2.27 bits per heavy atom. The molecule has 0 spiro atoms. The Morgan fingerprint density at radius 3 is 3.05 bits per heavy atom. The monoisotopic (exact) mass is 314 g/mol. The summed E-state index contributed by atoms with van der Waals surface area (Å²) in [7, 11) is 0. The van der Waals surface area contributed by atoms with E-state index in [9.17, 15) is 9.50 Å². The van der Waals surface area contributed by atoms with E-state index in [1.807, 2.05) is 5.32 Å². The van der Waals surface area contributed by atoms with Gasteiger partial charge in [0.05, 0.1) is 19.3 Å². The van der Waals surface area contributed by atoms with E-state index in [-0.39, 0.29) is 17.7 Å². The Kier molecular flexibility index (Phi) is 7.59. The zero-order chi connectivity index (χ0) is 15.6. The smallest absolute Gasteiger partial charge is 0.165 e. The number of rotatable bonds is 10. The first-order valence-electron chi connectivity index (χ1n) is 7.82. The maximum Gasteiger partial charge on any atom is 0.165 e. The fourth-order valence-electron chi connectivity index (χ4n) is 2.30. The highest BCUT2D eigenvalue weighted by molar-refractivity contribution is 5.23. The second-order valence-corrected chi connectivity index (χ2v) is 5.42. The summed E-state index contributed by atoms with van der Waals surface area (Å²) in [6.45, 7) is 3.25. The van der Waals surface area contributed by atoms with E-state index in [0.29, 0.717) is 32.9 Å². The molecule has 1 saturated heterocycles.